The van der Waals surface area contributed by atoms with Crippen LogP contribution in [0.15, 0.2) is 91.3 Å². The predicted molar refractivity (Wildman–Crippen MR) is 147 cm³/mol. The fourth-order valence-electron chi connectivity index (χ4n) is 4.70. The molecule has 2 unspecified atom stereocenters. The molecule has 186 valence electrons. The zero-order chi connectivity index (χ0) is 26.4. The molecule has 4 rings (SSSR count). The van der Waals surface area contributed by atoms with Crippen molar-refractivity contribution in [3.63, 3.8) is 0 Å². The average Bonchev–Trinajstić information content (AvgIpc) is 3.46. The van der Waals surface area contributed by atoms with Crippen LogP contribution in [0.2, 0.25) is 5.02 Å². The second-order valence-corrected chi connectivity index (χ2v) is 10.4. The summed E-state index contributed by atoms with van der Waals surface area (Å²) in [6.07, 6.45) is 4.42. The van der Waals surface area contributed by atoms with E-state index in [-0.39, 0.29) is 18.0 Å². The number of nitriles is 2. The van der Waals surface area contributed by atoms with Gasteiger partial charge in [0.25, 0.3) is 0 Å². The average molecular weight is 508 g/mol. The summed E-state index contributed by atoms with van der Waals surface area (Å²) in [5.74, 6) is 0.0646. The first-order chi connectivity index (χ1) is 17.8. The van der Waals surface area contributed by atoms with E-state index in [2.05, 4.69) is 47.7 Å². The summed E-state index contributed by atoms with van der Waals surface area (Å²) in [5.41, 5.74) is 4.20. The molecule has 4 aromatic rings. The van der Waals surface area contributed by atoms with Gasteiger partial charge in [0.1, 0.15) is 0 Å². The molecular formula is C31H30ClN5. The van der Waals surface area contributed by atoms with Crippen molar-refractivity contribution in [3.05, 3.63) is 119 Å². The summed E-state index contributed by atoms with van der Waals surface area (Å²) >= 11 is 6.13. The van der Waals surface area contributed by atoms with Gasteiger partial charge in [-0.15, -0.1) is 0 Å². The zero-order valence-electron chi connectivity index (χ0n) is 21.3. The fraction of sp³-hybridized carbons (Fsp3) is 0.258. The molecule has 3 atom stereocenters. The first kappa shape index (κ1) is 26.2. The highest BCUT2D eigenvalue weighted by Crippen LogP contribution is 2.36. The second kappa shape index (κ2) is 11.4. The molecule has 1 heterocycles. The van der Waals surface area contributed by atoms with E-state index in [1.54, 1.807) is 6.20 Å². The Kier molecular flexibility index (Phi) is 8.09. The highest BCUT2D eigenvalue weighted by Gasteiger charge is 2.34. The van der Waals surface area contributed by atoms with Gasteiger partial charge in [0.05, 0.1) is 34.8 Å². The molecule has 0 aliphatic rings. The first-order valence-electron chi connectivity index (χ1n) is 12.3. The van der Waals surface area contributed by atoms with Crippen molar-refractivity contribution in [2.45, 2.75) is 45.2 Å². The third kappa shape index (κ3) is 6.27. The molecule has 0 bridgehead atoms. The number of hydrogen-bond donors (Lipinski definition) is 1. The maximum Gasteiger partial charge on any atom is 0.0991 e. The maximum absolute atomic E-state index is 10.1. The SMILES string of the molecule is CC(N[C@@H](c1ccc(-n2cccn2)cc1)C(C)(C)C#N)C(Cc1ccc(Cl)cc1)c1cccc(C#N)c1. The molecule has 37 heavy (non-hydrogen) atoms. The van der Waals surface area contributed by atoms with Gasteiger partial charge in [-0.05, 0) is 86.3 Å². The van der Waals surface area contributed by atoms with Gasteiger partial charge in [-0.25, -0.2) is 4.68 Å². The topological polar surface area (TPSA) is 77.4 Å². The molecule has 1 N–H and O–H groups in total. The Hall–Kier alpha value is -3.90. The summed E-state index contributed by atoms with van der Waals surface area (Å²) in [7, 11) is 0. The number of rotatable bonds is 9. The monoisotopic (exact) mass is 507 g/mol. The van der Waals surface area contributed by atoms with Crippen LogP contribution < -0.4 is 5.32 Å². The minimum atomic E-state index is -0.666. The molecule has 0 aliphatic carbocycles. The van der Waals surface area contributed by atoms with Crippen LogP contribution in [0.1, 0.15) is 55.0 Å². The molecule has 6 heteroatoms. The number of halogens is 1. The number of hydrogen-bond acceptors (Lipinski definition) is 4. The van der Waals surface area contributed by atoms with E-state index in [0.29, 0.717) is 10.6 Å². The van der Waals surface area contributed by atoms with E-state index in [0.717, 1.165) is 28.8 Å². The number of nitrogens with zero attached hydrogens (tertiary/aromatic N) is 4. The molecule has 0 saturated carbocycles. The van der Waals surface area contributed by atoms with E-state index in [1.165, 1.54) is 0 Å². The normalized spacial score (nSPS) is 13.8. The van der Waals surface area contributed by atoms with Crippen LogP contribution >= 0.6 is 11.6 Å². The summed E-state index contributed by atoms with van der Waals surface area (Å²) < 4.78 is 1.81. The molecule has 3 aromatic carbocycles. The van der Waals surface area contributed by atoms with Crippen molar-refractivity contribution in [2.75, 3.05) is 0 Å². The van der Waals surface area contributed by atoms with Gasteiger partial charge in [0.15, 0.2) is 0 Å². The highest BCUT2D eigenvalue weighted by atomic mass is 35.5. The Morgan fingerprint density at radius 2 is 1.70 bits per heavy atom. The highest BCUT2D eigenvalue weighted by molar-refractivity contribution is 6.30. The van der Waals surface area contributed by atoms with Crippen molar-refractivity contribution in [2.24, 2.45) is 5.41 Å². The largest absolute Gasteiger partial charge is 0.305 e. The van der Waals surface area contributed by atoms with Crippen molar-refractivity contribution in [3.8, 4) is 17.8 Å². The molecule has 0 aliphatic heterocycles. The lowest BCUT2D eigenvalue weighted by molar-refractivity contribution is 0.281. The van der Waals surface area contributed by atoms with Gasteiger partial charge in [-0.1, -0.05) is 48.0 Å². The quantitative estimate of drug-likeness (QED) is 0.265. The van der Waals surface area contributed by atoms with Gasteiger partial charge in [0, 0.05) is 29.4 Å². The van der Waals surface area contributed by atoms with E-state index in [1.807, 2.05) is 85.4 Å². The van der Waals surface area contributed by atoms with Crippen LogP contribution in [0.5, 0.6) is 0 Å². The molecule has 0 saturated heterocycles. The number of benzene rings is 3. The summed E-state index contributed by atoms with van der Waals surface area (Å²) in [5, 5.41) is 28.4. The summed E-state index contributed by atoms with van der Waals surface area (Å²) in [4.78, 5) is 0. The van der Waals surface area contributed by atoms with E-state index < -0.39 is 5.41 Å². The van der Waals surface area contributed by atoms with Crippen LogP contribution in [-0.4, -0.2) is 15.8 Å². The summed E-state index contributed by atoms with van der Waals surface area (Å²) in [6.45, 7) is 6.07. The maximum atomic E-state index is 10.1. The van der Waals surface area contributed by atoms with Gasteiger partial charge < -0.3 is 5.32 Å². The van der Waals surface area contributed by atoms with Crippen LogP contribution in [-0.2, 0) is 6.42 Å². The molecule has 0 spiro atoms. The van der Waals surface area contributed by atoms with Gasteiger partial charge >= 0.3 is 0 Å². The minimum Gasteiger partial charge on any atom is -0.305 e. The van der Waals surface area contributed by atoms with Crippen LogP contribution in [0, 0.1) is 28.1 Å². The Morgan fingerprint density at radius 3 is 2.32 bits per heavy atom. The zero-order valence-corrected chi connectivity index (χ0v) is 22.0. The lowest BCUT2D eigenvalue weighted by Gasteiger charge is -2.36. The Labute approximate surface area is 223 Å². The van der Waals surface area contributed by atoms with Gasteiger partial charge in [0.2, 0.25) is 0 Å². The van der Waals surface area contributed by atoms with Gasteiger partial charge in [-0.3, -0.25) is 0 Å². The molecular weight excluding hydrogens is 478 g/mol. The molecule has 5 nitrogen and oxygen atoms in total. The molecule has 0 amide bonds. The Bertz CT molecular complexity index is 1390. The molecule has 0 fully saturated rings. The Balaban J connectivity index is 1.67. The molecule has 0 radical (unpaired) electrons. The summed E-state index contributed by atoms with van der Waals surface area (Å²) in [6, 6.07) is 30.3. The molecule has 1 aromatic heterocycles. The van der Waals surface area contributed by atoms with E-state index in [9.17, 15) is 10.5 Å². The smallest absolute Gasteiger partial charge is 0.0991 e. The predicted octanol–water partition coefficient (Wildman–Crippen LogP) is 6.99. The van der Waals surface area contributed by atoms with Crippen LogP contribution in [0.3, 0.4) is 0 Å². The lowest BCUT2D eigenvalue weighted by Crippen LogP contribution is -2.42. The fourth-order valence-corrected chi connectivity index (χ4v) is 4.83. The number of aromatic nitrogens is 2. The van der Waals surface area contributed by atoms with Crippen LogP contribution in [0.4, 0.5) is 0 Å². The first-order valence-corrected chi connectivity index (χ1v) is 12.7. The van der Waals surface area contributed by atoms with Crippen LogP contribution in [0.25, 0.3) is 5.69 Å². The van der Waals surface area contributed by atoms with Crippen molar-refractivity contribution >= 4 is 11.6 Å². The van der Waals surface area contributed by atoms with Gasteiger partial charge in [-0.2, -0.15) is 15.6 Å². The second-order valence-electron chi connectivity index (χ2n) is 9.94. The van der Waals surface area contributed by atoms with Crippen molar-refractivity contribution in [1.82, 2.24) is 15.1 Å². The number of nitrogens with one attached hydrogen (secondary N) is 1. The standard InChI is InChI=1S/C31H30ClN5/c1-22(29(19-23-8-12-27(32)13-9-23)26-7-4-6-24(18-26)20-33)36-30(31(2,3)21-34)25-10-14-28(15-11-25)37-17-5-16-35-37/h4-18,22,29-30,36H,19H2,1-3H3/t22?,29?,30-/m0/s1. The van der Waals surface area contributed by atoms with E-state index in [4.69, 9.17) is 11.6 Å². The van der Waals surface area contributed by atoms with E-state index >= 15 is 0 Å². The van der Waals surface area contributed by atoms with Crippen molar-refractivity contribution < 1.29 is 0 Å². The van der Waals surface area contributed by atoms with Crippen molar-refractivity contribution in [1.29, 1.82) is 10.5 Å². The lowest BCUT2D eigenvalue weighted by atomic mass is 9.79. The minimum absolute atomic E-state index is 0.00645. The Morgan fingerprint density at radius 1 is 0.973 bits per heavy atom. The third-order valence-electron chi connectivity index (χ3n) is 6.85. The third-order valence-corrected chi connectivity index (χ3v) is 7.10.